The molecule has 2 atom stereocenters. The van der Waals surface area contributed by atoms with Crippen molar-refractivity contribution < 1.29 is 14.6 Å². The third-order valence-electron chi connectivity index (χ3n) is 7.51. The highest BCUT2D eigenvalue weighted by molar-refractivity contribution is 5.92. The number of ether oxygens (including phenoxy) is 2. The van der Waals surface area contributed by atoms with Crippen LogP contribution in [0, 0.1) is 6.92 Å². The largest absolute Gasteiger partial charge is 0.476 e. The Balaban J connectivity index is 1.55. The summed E-state index contributed by atoms with van der Waals surface area (Å²) < 4.78 is 16.3. The van der Waals surface area contributed by atoms with E-state index in [9.17, 15) is 5.11 Å². The maximum atomic E-state index is 10.1. The highest BCUT2D eigenvalue weighted by Gasteiger charge is 2.33. The molecule has 0 aromatic carbocycles. The van der Waals surface area contributed by atoms with Gasteiger partial charge in [-0.15, -0.1) is 5.10 Å². The van der Waals surface area contributed by atoms with Crippen molar-refractivity contribution in [2.24, 2.45) is 7.05 Å². The Hall–Kier alpha value is -3.70. The van der Waals surface area contributed by atoms with Crippen LogP contribution in [0.5, 0.6) is 11.8 Å². The van der Waals surface area contributed by atoms with Crippen molar-refractivity contribution in [3.63, 3.8) is 0 Å². The Kier molecular flexibility index (Phi) is 6.64. The minimum atomic E-state index is -0.196. The molecule has 39 heavy (non-hydrogen) atoms. The van der Waals surface area contributed by atoms with Gasteiger partial charge in [-0.2, -0.15) is 10.2 Å². The van der Waals surface area contributed by atoms with Crippen molar-refractivity contribution in [2.75, 3.05) is 19.8 Å². The maximum Gasteiger partial charge on any atom is 0.240 e. The van der Waals surface area contributed by atoms with E-state index in [1.165, 1.54) is 0 Å². The number of hydrogen-bond acceptors (Lipinski definition) is 8. The number of aryl methyl sites for hydroxylation is 2. The first-order chi connectivity index (χ1) is 18.9. The summed E-state index contributed by atoms with van der Waals surface area (Å²) >= 11 is 0. The van der Waals surface area contributed by atoms with Crippen molar-refractivity contribution in [2.45, 2.75) is 65.3 Å². The first kappa shape index (κ1) is 25.6. The number of aliphatic hydroxyl groups is 1. The minimum absolute atomic E-state index is 0.0191. The number of pyridine rings is 1. The molecule has 6 rings (SSSR count). The van der Waals surface area contributed by atoms with Gasteiger partial charge >= 0.3 is 0 Å². The van der Waals surface area contributed by atoms with E-state index < -0.39 is 0 Å². The van der Waals surface area contributed by atoms with E-state index in [0.29, 0.717) is 31.0 Å². The van der Waals surface area contributed by atoms with Gasteiger partial charge in [-0.05, 0) is 58.8 Å². The van der Waals surface area contributed by atoms with Crippen LogP contribution in [0.25, 0.3) is 34.3 Å². The molecule has 4 aromatic rings. The molecule has 5 heterocycles. The Labute approximate surface area is 227 Å². The van der Waals surface area contributed by atoms with Crippen LogP contribution >= 0.6 is 0 Å². The molecule has 0 spiro atoms. The van der Waals surface area contributed by atoms with Crippen LogP contribution in [0.2, 0.25) is 0 Å². The van der Waals surface area contributed by atoms with Crippen LogP contribution in [0.4, 0.5) is 0 Å². The lowest BCUT2D eigenvalue weighted by atomic mass is 10.1. The van der Waals surface area contributed by atoms with Gasteiger partial charge in [0.15, 0.2) is 0 Å². The molecule has 1 aliphatic carbocycles. The zero-order valence-electron chi connectivity index (χ0n) is 23.2. The lowest BCUT2D eigenvalue weighted by Gasteiger charge is -2.27. The Morgan fingerprint density at radius 1 is 1.26 bits per heavy atom. The summed E-state index contributed by atoms with van der Waals surface area (Å²) in [4.78, 5) is 7.20. The monoisotopic (exact) mass is 532 g/mol. The fraction of sp³-hybridized carbons (Fsp3) is 0.500. The summed E-state index contributed by atoms with van der Waals surface area (Å²) in [6.07, 6.45) is 8.04. The zero-order valence-corrected chi connectivity index (χ0v) is 23.2. The Bertz CT molecular complexity index is 1530. The van der Waals surface area contributed by atoms with E-state index in [0.717, 1.165) is 64.2 Å². The van der Waals surface area contributed by atoms with E-state index in [1.807, 2.05) is 50.7 Å². The first-order valence-electron chi connectivity index (χ1n) is 13.7. The molecule has 2 aliphatic rings. The predicted molar refractivity (Wildman–Crippen MR) is 148 cm³/mol. The second-order valence-electron chi connectivity index (χ2n) is 10.6. The topological polar surface area (TPSA) is 119 Å². The Morgan fingerprint density at radius 2 is 2.08 bits per heavy atom. The molecule has 2 bridgehead atoms. The molecule has 2 N–H and O–H groups in total. The van der Waals surface area contributed by atoms with Gasteiger partial charge in [0.2, 0.25) is 11.8 Å². The quantitative estimate of drug-likeness (QED) is 0.399. The van der Waals surface area contributed by atoms with Gasteiger partial charge in [0.05, 0.1) is 64.9 Å². The molecular formula is C28H36N8O3. The molecule has 1 fully saturated rings. The lowest BCUT2D eigenvalue weighted by Crippen LogP contribution is -2.36. The standard InChI is InChI=1S/C28H36N8O3/c1-6-38-27-20-9-10-22-21-11-23(29-12-24(21)31-30-22)26-18(4)32-34(5)28(26)39-17(3)13-35(19-7-8-19)14-25(20)36(33-27)16(2)15-37/h9-12,16-17,19,37H,6-8,13-15H2,1-5H3,(H,30,31)/b10-9+/t16-,17-/m0/s1. The normalized spacial score (nSPS) is 19.7. The van der Waals surface area contributed by atoms with Crippen LogP contribution in [0.1, 0.15) is 62.3 Å². The summed E-state index contributed by atoms with van der Waals surface area (Å²) in [5.74, 6) is 1.26. The van der Waals surface area contributed by atoms with Crippen molar-refractivity contribution in [3.8, 4) is 23.0 Å². The van der Waals surface area contributed by atoms with Crippen molar-refractivity contribution in [1.29, 1.82) is 0 Å². The molecule has 0 radical (unpaired) electrons. The SMILES string of the molecule is CCOc1nn([C@@H](C)CO)c2c1/C=C/c1n[nH]c3cnc(cc13)-c1c(C)nn(C)c1O[C@@H](C)CN(C1CC1)C2. The summed E-state index contributed by atoms with van der Waals surface area (Å²) in [6, 6.07) is 2.32. The van der Waals surface area contributed by atoms with E-state index in [2.05, 4.69) is 27.1 Å². The fourth-order valence-corrected chi connectivity index (χ4v) is 5.43. The minimum Gasteiger partial charge on any atom is -0.476 e. The third-order valence-corrected chi connectivity index (χ3v) is 7.51. The van der Waals surface area contributed by atoms with E-state index in [4.69, 9.17) is 19.6 Å². The highest BCUT2D eigenvalue weighted by Crippen LogP contribution is 2.37. The molecule has 11 nitrogen and oxygen atoms in total. The van der Waals surface area contributed by atoms with Crippen molar-refractivity contribution in [1.82, 2.24) is 39.6 Å². The second-order valence-corrected chi connectivity index (χ2v) is 10.6. The van der Waals surface area contributed by atoms with E-state index >= 15 is 0 Å². The number of rotatable bonds is 5. The molecule has 1 aliphatic heterocycles. The van der Waals surface area contributed by atoms with Crippen LogP contribution in [0.15, 0.2) is 12.3 Å². The van der Waals surface area contributed by atoms with E-state index in [1.54, 1.807) is 10.9 Å². The van der Waals surface area contributed by atoms with Gasteiger partial charge in [0.1, 0.15) is 6.10 Å². The molecule has 11 heteroatoms. The smallest absolute Gasteiger partial charge is 0.240 e. The van der Waals surface area contributed by atoms with Gasteiger partial charge in [-0.1, -0.05) is 0 Å². The lowest BCUT2D eigenvalue weighted by molar-refractivity contribution is 0.124. The van der Waals surface area contributed by atoms with Crippen LogP contribution in [-0.2, 0) is 13.6 Å². The summed E-state index contributed by atoms with van der Waals surface area (Å²) in [6.45, 7) is 9.88. The van der Waals surface area contributed by atoms with Gasteiger partial charge in [-0.3, -0.25) is 19.7 Å². The molecule has 1 saturated carbocycles. The number of nitrogens with one attached hydrogen (secondary N) is 1. The summed E-state index contributed by atoms with van der Waals surface area (Å²) in [5.41, 5.74) is 6.09. The average Bonchev–Trinajstić information content (AvgIpc) is 3.53. The number of aliphatic hydroxyl groups excluding tert-OH is 1. The molecule has 0 amide bonds. The van der Waals surface area contributed by atoms with Gasteiger partial charge in [0.25, 0.3) is 0 Å². The highest BCUT2D eigenvalue weighted by atomic mass is 16.5. The van der Waals surface area contributed by atoms with Crippen LogP contribution in [-0.4, -0.2) is 76.7 Å². The van der Waals surface area contributed by atoms with Crippen molar-refractivity contribution in [3.05, 3.63) is 34.9 Å². The molecule has 0 saturated heterocycles. The zero-order chi connectivity index (χ0) is 27.3. The summed E-state index contributed by atoms with van der Waals surface area (Å²) in [5, 5.41) is 28.2. The predicted octanol–water partition coefficient (Wildman–Crippen LogP) is 3.73. The number of H-pyrrole nitrogens is 1. The first-order valence-corrected chi connectivity index (χ1v) is 13.7. The molecule has 206 valence electrons. The van der Waals surface area contributed by atoms with Gasteiger partial charge in [-0.25, -0.2) is 4.68 Å². The Morgan fingerprint density at radius 3 is 2.82 bits per heavy atom. The maximum absolute atomic E-state index is 10.1. The van der Waals surface area contributed by atoms with Gasteiger partial charge in [0, 0.05) is 31.6 Å². The number of aromatic amines is 1. The van der Waals surface area contributed by atoms with Crippen LogP contribution < -0.4 is 9.47 Å². The second kappa shape index (κ2) is 10.1. The molecule has 4 aromatic heterocycles. The molecular weight excluding hydrogens is 496 g/mol. The number of fused-ring (bicyclic) bond motifs is 4. The number of hydrogen-bond donors (Lipinski definition) is 2. The van der Waals surface area contributed by atoms with Crippen molar-refractivity contribution >= 4 is 23.1 Å². The van der Waals surface area contributed by atoms with E-state index in [-0.39, 0.29) is 18.8 Å². The number of nitrogens with zero attached hydrogens (tertiary/aromatic N) is 7. The third kappa shape index (κ3) is 4.70. The summed E-state index contributed by atoms with van der Waals surface area (Å²) in [7, 11) is 1.91. The van der Waals surface area contributed by atoms with Gasteiger partial charge < -0.3 is 14.6 Å². The average molecular weight is 533 g/mol. The molecule has 0 unspecified atom stereocenters. The fourth-order valence-electron chi connectivity index (χ4n) is 5.43. The number of aromatic nitrogens is 7. The van der Waals surface area contributed by atoms with Crippen LogP contribution in [0.3, 0.4) is 0 Å².